The zero-order chi connectivity index (χ0) is 18.5. The molecule has 0 bridgehead atoms. The Morgan fingerprint density at radius 2 is 2.00 bits per heavy atom. The molecule has 134 valence electrons. The summed E-state index contributed by atoms with van der Waals surface area (Å²) in [5.41, 5.74) is 2.79. The molecule has 0 saturated carbocycles. The van der Waals surface area contributed by atoms with Gasteiger partial charge in [0, 0.05) is 18.5 Å². The van der Waals surface area contributed by atoms with Crippen molar-refractivity contribution in [2.24, 2.45) is 0 Å². The quantitative estimate of drug-likeness (QED) is 0.748. The number of rotatable bonds is 3. The third kappa shape index (κ3) is 2.85. The van der Waals surface area contributed by atoms with Crippen molar-refractivity contribution in [2.75, 3.05) is 17.7 Å². The maximum atomic E-state index is 12.8. The van der Waals surface area contributed by atoms with E-state index >= 15 is 0 Å². The van der Waals surface area contributed by atoms with E-state index in [1.165, 1.54) is 17.4 Å². The smallest absolute Gasteiger partial charge is 0.247 e. The topological polar surface area (TPSA) is 83.2 Å². The number of fused-ring (bicyclic) bond motifs is 2. The fourth-order valence-corrected chi connectivity index (χ4v) is 4.95. The number of hydrogen-bond acceptors (Lipinski definition) is 5. The Morgan fingerprint density at radius 1 is 1.23 bits per heavy atom. The molecule has 26 heavy (non-hydrogen) atoms. The van der Waals surface area contributed by atoms with Gasteiger partial charge in [-0.05, 0) is 36.2 Å². The van der Waals surface area contributed by atoms with Crippen molar-refractivity contribution in [3.63, 3.8) is 0 Å². The molecule has 0 spiro atoms. The Hall–Kier alpha value is -2.45. The highest BCUT2D eigenvalue weighted by atomic mass is 32.2. The van der Waals surface area contributed by atoms with Crippen LogP contribution in [0.4, 0.5) is 5.69 Å². The summed E-state index contributed by atoms with van der Waals surface area (Å²) in [4.78, 5) is 15.0. The van der Waals surface area contributed by atoms with Crippen LogP contribution in [-0.4, -0.2) is 31.7 Å². The highest BCUT2D eigenvalue weighted by Crippen LogP contribution is 2.28. The van der Waals surface area contributed by atoms with E-state index in [-0.39, 0.29) is 22.1 Å². The normalized spacial score (nSPS) is 14.0. The summed E-state index contributed by atoms with van der Waals surface area (Å²) in [5.74, 6) is -0.0691. The fourth-order valence-electron chi connectivity index (χ4n) is 3.27. The number of carbonyl (C=O) groups is 1. The Kier molecular flexibility index (Phi) is 3.96. The molecule has 2 heterocycles. The van der Waals surface area contributed by atoms with Crippen LogP contribution in [0.1, 0.15) is 5.56 Å². The first kappa shape index (κ1) is 17.0. The van der Waals surface area contributed by atoms with E-state index in [2.05, 4.69) is 0 Å². The number of hydrogen-bond donors (Lipinski definition) is 1. The molecule has 0 fully saturated rings. The maximum absolute atomic E-state index is 12.8. The number of carbonyl (C=O) groups excluding carboxylic acids is 1. The molecule has 1 aliphatic heterocycles. The molecule has 4 rings (SSSR count). The number of amides is 1. The molecule has 8 heteroatoms. The number of sulfone groups is 1. The number of benzene rings is 2. The first-order chi connectivity index (χ1) is 12.3. The van der Waals surface area contributed by atoms with E-state index in [1.807, 2.05) is 24.3 Å². The molecule has 6 nitrogen and oxygen atoms in total. The fraction of sp³-hybridized carbons (Fsp3) is 0.222. The lowest BCUT2D eigenvalue weighted by Gasteiger charge is -2.18. The summed E-state index contributed by atoms with van der Waals surface area (Å²) >= 11 is 1.17. The molecular weight excluding hydrogens is 370 g/mol. The standard InChI is InChI=1S/C18H17N3O3S2/c1-26(23,24)13-6-7-15-16(10-13)25-18(19)21(15)11-17(22)20-9-8-12-4-2-3-5-14(12)20/h2-7,10,19H,8-9,11H2,1H3. The van der Waals surface area contributed by atoms with Crippen LogP contribution in [0.15, 0.2) is 47.4 Å². The van der Waals surface area contributed by atoms with Crippen LogP contribution >= 0.6 is 11.3 Å². The van der Waals surface area contributed by atoms with Gasteiger partial charge in [0.2, 0.25) is 5.91 Å². The Balaban J connectivity index is 1.69. The molecule has 0 atom stereocenters. The van der Waals surface area contributed by atoms with Crippen LogP contribution in [0.25, 0.3) is 10.2 Å². The van der Waals surface area contributed by atoms with E-state index in [4.69, 9.17) is 5.41 Å². The van der Waals surface area contributed by atoms with Crippen molar-refractivity contribution in [3.05, 3.63) is 52.8 Å². The number of thiazole rings is 1. The molecule has 1 aliphatic rings. The second kappa shape index (κ2) is 6.07. The molecule has 1 aromatic heterocycles. The van der Waals surface area contributed by atoms with Gasteiger partial charge in [0.1, 0.15) is 6.54 Å². The van der Waals surface area contributed by atoms with Gasteiger partial charge in [-0.2, -0.15) is 0 Å². The van der Waals surface area contributed by atoms with Gasteiger partial charge in [-0.3, -0.25) is 10.2 Å². The summed E-state index contributed by atoms with van der Waals surface area (Å²) in [5, 5.41) is 8.20. The zero-order valence-corrected chi connectivity index (χ0v) is 15.7. The number of nitrogens with one attached hydrogen (secondary N) is 1. The van der Waals surface area contributed by atoms with Gasteiger partial charge in [0.25, 0.3) is 0 Å². The highest BCUT2D eigenvalue weighted by Gasteiger charge is 2.25. The second-order valence-corrected chi connectivity index (χ2v) is 9.37. The van der Waals surface area contributed by atoms with E-state index in [9.17, 15) is 13.2 Å². The first-order valence-corrected chi connectivity index (χ1v) is 10.8. The van der Waals surface area contributed by atoms with Crippen LogP contribution in [-0.2, 0) is 27.6 Å². The van der Waals surface area contributed by atoms with Crippen LogP contribution < -0.4 is 9.70 Å². The third-order valence-electron chi connectivity index (χ3n) is 4.58. The Labute approximate surface area is 154 Å². The van der Waals surface area contributed by atoms with E-state index in [0.29, 0.717) is 16.8 Å². The number of aromatic nitrogens is 1. The van der Waals surface area contributed by atoms with Gasteiger partial charge in [-0.25, -0.2) is 8.42 Å². The average molecular weight is 387 g/mol. The second-order valence-electron chi connectivity index (χ2n) is 6.32. The zero-order valence-electron chi connectivity index (χ0n) is 14.1. The van der Waals surface area contributed by atoms with Crippen LogP contribution in [0.2, 0.25) is 0 Å². The summed E-state index contributed by atoms with van der Waals surface area (Å²) < 4.78 is 25.8. The molecule has 1 N–H and O–H groups in total. The summed E-state index contributed by atoms with van der Waals surface area (Å²) in [6, 6.07) is 12.6. The predicted molar refractivity (Wildman–Crippen MR) is 101 cm³/mol. The van der Waals surface area contributed by atoms with Gasteiger partial charge in [-0.1, -0.05) is 29.5 Å². The van der Waals surface area contributed by atoms with Crippen molar-refractivity contribution in [1.82, 2.24) is 4.57 Å². The monoisotopic (exact) mass is 387 g/mol. The van der Waals surface area contributed by atoms with Gasteiger partial charge in [-0.15, -0.1) is 0 Å². The number of nitrogens with zero attached hydrogens (tertiary/aromatic N) is 2. The first-order valence-electron chi connectivity index (χ1n) is 8.11. The van der Waals surface area contributed by atoms with Crippen molar-refractivity contribution in [2.45, 2.75) is 17.9 Å². The summed E-state index contributed by atoms with van der Waals surface area (Å²) in [6.07, 6.45) is 1.99. The minimum atomic E-state index is -3.31. The van der Waals surface area contributed by atoms with Crippen molar-refractivity contribution >= 4 is 43.0 Å². The molecule has 0 radical (unpaired) electrons. The molecule has 0 saturated heterocycles. The van der Waals surface area contributed by atoms with E-state index in [0.717, 1.165) is 23.9 Å². The van der Waals surface area contributed by atoms with Gasteiger partial charge >= 0.3 is 0 Å². The lowest BCUT2D eigenvalue weighted by atomic mass is 10.2. The third-order valence-corrected chi connectivity index (χ3v) is 6.65. The summed E-state index contributed by atoms with van der Waals surface area (Å²) in [7, 11) is -3.31. The van der Waals surface area contributed by atoms with E-state index < -0.39 is 9.84 Å². The lowest BCUT2D eigenvalue weighted by Crippen LogP contribution is -2.34. The molecule has 1 amide bonds. The minimum absolute atomic E-state index is 0.0609. The molecular formula is C18H17N3O3S2. The van der Waals surface area contributed by atoms with Gasteiger partial charge in [0.05, 0.1) is 15.1 Å². The number of anilines is 1. The SMILES string of the molecule is CS(=O)(=O)c1ccc2c(c1)sc(=N)n2CC(=O)N1CCc2ccccc21. The van der Waals surface area contributed by atoms with Crippen LogP contribution in [0.5, 0.6) is 0 Å². The largest absolute Gasteiger partial charge is 0.310 e. The van der Waals surface area contributed by atoms with Gasteiger partial charge < -0.3 is 9.47 Å². The Bertz CT molecular complexity index is 1190. The minimum Gasteiger partial charge on any atom is -0.310 e. The average Bonchev–Trinajstić information content (AvgIpc) is 3.15. The predicted octanol–water partition coefficient (Wildman–Crippen LogP) is 2.18. The lowest BCUT2D eigenvalue weighted by molar-refractivity contribution is -0.119. The van der Waals surface area contributed by atoms with E-state index in [1.54, 1.807) is 21.6 Å². The highest BCUT2D eigenvalue weighted by molar-refractivity contribution is 7.90. The van der Waals surface area contributed by atoms with Crippen molar-refractivity contribution in [1.29, 1.82) is 5.41 Å². The maximum Gasteiger partial charge on any atom is 0.247 e. The van der Waals surface area contributed by atoms with Crippen LogP contribution in [0, 0.1) is 5.41 Å². The Morgan fingerprint density at radius 3 is 2.77 bits per heavy atom. The number of para-hydroxylation sites is 1. The molecule has 2 aromatic carbocycles. The van der Waals surface area contributed by atoms with Gasteiger partial charge in [0.15, 0.2) is 14.6 Å². The van der Waals surface area contributed by atoms with Crippen molar-refractivity contribution < 1.29 is 13.2 Å². The summed E-state index contributed by atoms with van der Waals surface area (Å²) in [6.45, 7) is 0.706. The molecule has 3 aromatic rings. The molecule has 0 unspecified atom stereocenters. The molecule has 0 aliphatic carbocycles. The van der Waals surface area contributed by atoms with Crippen LogP contribution in [0.3, 0.4) is 0 Å². The van der Waals surface area contributed by atoms with Crippen molar-refractivity contribution in [3.8, 4) is 0 Å².